The molecule has 8 nitrogen and oxygen atoms in total. The number of aromatic nitrogens is 5. The average molecular weight is 524 g/mol. The number of nitrogens with one attached hydrogen (secondary N) is 1. The van der Waals surface area contributed by atoms with Crippen LogP contribution in [0.1, 0.15) is 22.9 Å². The van der Waals surface area contributed by atoms with E-state index in [1.54, 1.807) is 0 Å². The topological polar surface area (TPSA) is 83.1 Å². The minimum Gasteiger partial charge on any atom is -0.378 e. The molecule has 0 radical (unpaired) electrons. The van der Waals surface area contributed by atoms with Crippen molar-refractivity contribution < 1.29 is 4.74 Å². The Kier molecular flexibility index (Phi) is 5.91. The van der Waals surface area contributed by atoms with Gasteiger partial charge in [-0.2, -0.15) is 0 Å². The SMILES string of the molecule is Clc1ccc2[nH]c3c(c2c1)CCN(c1nccc(-c2ccccc2)n1)C3c1cnc(N2CCOCC2)nc1. The highest BCUT2D eigenvalue weighted by atomic mass is 35.5. The first-order chi connectivity index (χ1) is 18.7. The van der Waals surface area contributed by atoms with Crippen molar-refractivity contribution in [1.29, 1.82) is 0 Å². The smallest absolute Gasteiger partial charge is 0.226 e. The van der Waals surface area contributed by atoms with Crippen LogP contribution < -0.4 is 9.80 Å². The van der Waals surface area contributed by atoms with Crippen LogP contribution in [0, 0.1) is 0 Å². The van der Waals surface area contributed by atoms with Crippen LogP contribution in [0.25, 0.3) is 22.2 Å². The minimum atomic E-state index is -0.172. The summed E-state index contributed by atoms with van der Waals surface area (Å²) in [6.07, 6.45) is 6.55. The zero-order chi connectivity index (χ0) is 25.5. The quantitative estimate of drug-likeness (QED) is 0.352. The molecule has 1 N–H and O–H groups in total. The van der Waals surface area contributed by atoms with E-state index in [-0.39, 0.29) is 6.04 Å². The van der Waals surface area contributed by atoms with Crippen molar-refractivity contribution in [1.82, 2.24) is 24.9 Å². The number of benzene rings is 2. The zero-order valence-corrected chi connectivity index (χ0v) is 21.5. The molecule has 1 saturated heterocycles. The van der Waals surface area contributed by atoms with Gasteiger partial charge in [-0.05, 0) is 36.2 Å². The van der Waals surface area contributed by atoms with Crippen molar-refractivity contribution in [3.8, 4) is 11.3 Å². The average Bonchev–Trinajstić information content (AvgIpc) is 3.35. The van der Waals surface area contributed by atoms with Crippen molar-refractivity contribution in [2.45, 2.75) is 12.5 Å². The number of hydrogen-bond donors (Lipinski definition) is 1. The number of rotatable bonds is 4. The van der Waals surface area contributed by atoms with E-state index in [1.165, 1.54) is 5.56 Å². The van der Waals surface area contributed by atoms with Gasteiger partial charge in [-0.15, -0.1) is 0 Å². The Morgan fingerprint density at radius 3 is 2.53 bits per heavy atom. The molecule has 2 aromatic carbocycles. The number of nitrogens with zero attached hydrogens (tertiary/aromatic N) is 6. The molecule has 9 heteroatoms. The summed E-state index contributed by atoms with van der Waals surface area (Å²) in [4.78, 5) is 27.3. The highest BCUT2D eigenvalue weighted by Crippen LogP contribution is 2.40. The lowest BCUT2D eigenvalue weighted by atomic mass is 9.94. The van der Waals surface area contributed by atoms with Crippen LogP contribution in [0.4, 0.5) is 11.9 Å². The van der Waals surface area contributed by atoms with Crippen molar-refractivity contribution >= 4 is 34.4 Å². The maximum atomic E-state index is 6.39. The molecule has 0 aliphatic carbocycles. The maximum Gasteiger partial charge on any atom is 0.226 e. The first-order valence-electron chi connectivity index (χ1n) is 12.8. The molecule has 0 saturated carbocycles. The molecular weight excluding hydrogens is 498 g/mol. The number of fused-ring (bicyclic) bond motifs is 3. The second kappa shape index (κ2) is 9.70. The van der Waals surface area contributed by atoms with Gasteiger partial charge in [-0.25, -0.2) is 19.9 Å². The van der Waals surface area contributed by atoms with Crippen molar-refractivity contribution in [2.75, 3.05) is 42.6 Å². The van der Waals surface area contributed by atoms with E-state index in [0.717, 1.165) is 70.4 Å². The van der Waals surface area contributed by atoms with E-state index in [9.17, 15) is 0 Å². The Morgan fingerprint density at radius 1 is 0.895 bits per heavy atom. The highest BCUT2D eigenvalue weighted by molar-refractivity contribution is 6.31. The lowest BCUT2D eigenvalue weighted by Crippen LogP contribution is -2.38. The number of morpholine rings is 1. The monoisotopic (exact) mass is 523 g/mol. The number of hydrogen-bond acceptors (Lipinski definition) is 7. The Labute approximate surface area is 225 Å². The van der Waals surface area contributed by atoms with Gasteiger partial charge in [-0.3, -0.25) is 0 Å². The van der Waals surface area contributed by atoms with Gasteiger partial charge in [0.15, 0.2) is 0 Å². The highest BCUT2D eigenvalue weighted by Gasteiger charge is 2.34. The van der Waals surface area contributed by atoms with Crippen molar-refractivity contribution in [2.24, 2.45) is 0 Å². The van der Waals surface area contributed by atoms with Crippen molar-refractivity contribution in [3.05, 3.63) is 95.0 Å². The summed E-state index contributed by atoms with van der Waals surface area (Å²) in [5.74, 6) is 1.40. The minimum absolute atomic E-state index is 0.172. The van der Waals surface area contributed by atoms with E-state index < -0.39 is 0 Å². The fraction of sp³-hybridized carbons (Fsp3) is 0.241. The molecule has 2 aliphatic rings. The van der Waals surface area contributed by atoms with E-state index in [4.69, 9.17) is 36.3 Å². The Hall–Kier alpha value is -4.01. The third-order valence-electron chi connectivity index (χ3n) is 7.33. The molecular formula is C29H26ClN7O. The lowest BCUT2D eigenvalue weighted by molar-refractivity contribution is 0.122. The molecule has 1 atom stereocenters. The van der Waals surface area contributed by atoms with Crippen LogP contribution in [-0.4, -0.2) is 57.8 Å². The third-order valence-corrected chi connectivity index (χ3v) is 7.56. The summed E-state index contributed by atoms with van der Waals surface area (Å²) in [5, 5.41) is 1.89. The number of anilines is 2. The molecule has 5 aromatic rings. The third kappa shape index (κ3) is 4.15. The molecule has 0 amide bonds. The largest absolute Gasteiger partial charge is 0.378 e. The number of aromatic amines is 1. The molecule has 1 unspecified atom stereocenters. The van der Waals surface area contributed by atoms with E-state index in [1.807, 2.05) is 61.1 Å². The van der Waals surface area contributed by atoms with Gasteiger partial charge in [-0.1, -0.05) is 41.9 Å². The second-order valence-corrected chi connectivity index (χ2v) is 10.0. The molecule has 5 heterocycles. The molecule has 38 heavy (non-hydrogen) atoms. The first kappa shape index (κ1) is 23.1. The van der Waals surface area contributed by atoms with Crippen LogP contribution in [0.15, 0.2) is 73.2 Å². The van der Waals surface area contributed by atoms with Crippen LogP contribution in [0.5, 0.6) is 0 Å². The van der Waals surface area contributed by atoms with Gasteiger partial charge < -0.3 is 19.5 Å². The standard InChI is InChI=1S/C29H26ClN7O/c30-21-6-7-25-23(16-21)22-9-11-37(29-31-10-8-24(35-29)19-4-2-1-3-5-19)27(26(22)34-25)20-17-32-28(33-18-20)36-12-14-38-15-13-36/h1-8,10,16-18,27,34H,9,11-15H2. The Bertz CT molecular complexity index is 1580. The summed E-state index contributed by atoms with van der Waals surface area (Å²) in [5.41, 5.74) is 6.36. The summed E-state index contributed by atoms with van der Waals surface area (Å²) in [7, 11) is 0. The normalized spacial score (nSPS) is 17.6. The van der Waals surface area contributed by atoms with E-state index in [0.29, 0.717) is 19.2 Å². The predicted molar refractivity (Wildman–Crippen MR) is 149 cm³/mol. The van der Waals surface area contributed by atoms with E-state index >= 15 is 0 Å². The van der Waals surface area contributed by atoms with Crippen LogP contribution in [0.3, 0.4) is 0 Å². The molecule has 190 valence electrons. The Balaban J connectivity index is 1.33. The van der Waals surface area contributed by atoms with Gasteiger partial charge in [0.25, 0.3) is 0 Å². The zero-order valence-electron chi connectivity index (χ0n) is 20.7. The number of halogens is 1. The molecule has 2 aliphatic heterocycles. The van der Waals surface area contributed by atoms with Crippen LogP contribution in [0.2, 0.25) is 5.02 Å². The van der Waals surface area contributed by atoms with Crippen LogP contribution >= 0.6 is 11.6 Å². The lowest BCUT2D eigenvalue weighted by Gasteiger charge is -2.36. The predicted octanol–water partition coefficient (Wildman–Crippen LogP) is 5.06. The van der Waals surface area contributed by atoms with Crippen molar-refractivity contribution in [3.63, 3.8) is 0 Å². The van der Waals surface area contributed by atoms with Gasteiger partial charge in [0.1, 0.15) is 6.04 Å². The Morgan fingerprint density at radius 2 is 1.71 bits per heavy atom. The second-order valence-electron chi connectivity index (χ2n) is 9.58. The maximum absolute atomic E-state index is 6.39. The first-order valence-corrected chi connectivity index (χ1v) is 13.2. The van der Waals surface area contributed by atoms with Gasteiger partial charge in [0.2, 0.25) is 11.9 Å². The summed E-state index contributed by atoms with van der Waals surface area (Å²) in [6, 6.07) is 18.0. The van der Waals surface area contributed by atoms with Gasteiger partial charge in [0, 0.05) is 71.0 Å². The van der Waals surface area contributed by atoms with Crippen LogP contribution in [-0.2, 0) is 11.2 Å². The fourth-order valence-corrected chi connectivity index (χ4v) is 5.65. The molecule has 3 aromatic heterocycles. The van der Waals surface area contributed by atoms with E-state index in [2.05, 4.69) is 26.9 Å². The molecule has 0 bridgehead atoms. The van der Waals surface area contributed by atoms with Gasteiger partial charge in [0.05, 0.1) is 18.9 Å². The molecule has 0 spiro atoms. The van der Waals surface area contributed by atoms with Gasteiger partial charge >= 0.3 is 0 Å². The fourth-order valence-electron chi connectivity index (χ4n) is 5.48. The summed E-state index contributed by atoms with van der Waals surface area (Å²) in [6.45, 7) is 3.72. The molecule has 1 fully saturated rings. The summed E-state index contributed by atoms with van der Waals surface area (Å²) < 4.78 is 5.49. The summed E-state index contributed by atoms with van der Waals surface area (Å²) >= 11 is 6.39. The number of H-pyrrole nitrogens is 1. The molecule has 7 rings (SSSR count). The number of ether oxygens (including phenoxy) is 1.